The average molecular weight is 527 g/mol. The van der Waals surface area contributed by atoms with Gasteiger partial charge in [-0.25, -0.2) is 19.9 Å². The van der Waals surface area contributed by atoms with Gasteiger partial charge in [-0.15, -0.1) is 0 Å². The van der Waals surface area contributed by atoms with Crippen LogP contribution in [-0.4, -0.2) is 19.9 Å². The second kappa shape index (κ2) is 9.50. The van der Waals surface area contributed by atoms with Crippen molar-refractivity contribution in [1.82, 2.24) is 19.9 Å². The number of nitrogens with zero attached hydrogens (tertiary/aromatic N) is 4. The fourth-order valence-electron chi connectivity index (χ4n) is 5.25. The van der Waals surface area contributed by atoms with E-state index in [1.54, 1.807) is 0 Å². The zero-order chi connectivity index (χ0) is 27.2. The molecule has 0 N–H and O–H groups in total. The lowest BCUT2D eigenvalue weighted by Gasteiger charge is -2.10. The van der Waals surface area contributed by atoms with E-state index in [1.165, 1.54) is 0 Å². The summed E-state index contributed by atoms with van der Waals surface area (Å²) in [6, 6.07) is 44.8. The highest BCUT2D eigenvalue weighted by Crippen LogP contribution is 2.33. The summed E-state index contributed by atoms with van der Waals surface area (Å²) in [5.74, 6) is 1.92. The van der Waals surface area contributed by atoms with Crippen LogP contribution >= 0.6 is 0 Å². The SMILES string of the molecule is c1ccc(-c2nc(-c3ccccc3)nc(-c3cccc(-c4ccc5nc6c(cc5c4)oc4ccccc46)c3)n2)cc1. The number of fused-ring (bicyclic) bond motifs is 4. The molecule has 5 heteroatoms. The molecule has 5 aromatic carbocycles. The summed E-state index contributed by atoms with van der Waals surface area (Å²) in [5, 5.41) is 2.06. The molecule has 0 radical (unpaired) electrons. The minimum Gasteiger partial charge on any atom is -0.454 e. The Hall–Kier alpha value is -5.68. The predicted molar refractivity (Wildman–Crippen MR) is 164 cm³/mol. The molecule has 0 saturated heterocycles. The number of pyridine rings is 1. The van der Waals surface area contributed by atoms with Crippen LogP contribution < -0.4 is 0 Å². The summed E-state index contributed by atoms with van der Waals surface area (Å²) in [6.45, 7) is 0. The number of furan rings is 1. The van der Waals surface area contributed by atoms with Crippen LogP contribution in [0.2, 0.25) is 0 Å². The Kier molecular flexibility index (Phi) is 5.38. The molecule has 0 aliphatic carbocycles. The molecule has 5 nitrogen and oxygen atoms in total. The maximum atomic E-state index is 6.09. The Bertz CT molecular complexity index is 2150. The van der Waals surface area contributed by atoms with Crippen LogP contribution in [-0.2, 0) is 0 Å². The molecule has 0 bridgehead atoms. The second-order valence-electron chi connectivity index (χ2n) is 9.96. The van der Waals surface area contributed by atoms with Crippen molar-refractivity contribution in [3.63, 3.8) is 0 Å². The van der Waals surface area contributed by atoms with Crippen molar-refractivity contribution in [2.75, 3.05) is 0 Å². The molecule has 192 valence electrons. The van der Waals surface area contributed by atoms with Gasteiger partial charge in [0.25, 0.3) is 0 Å². The van der Waals surface area contributed by atoms with Gasteiger partial charge in [-0.3, -0.25) is 0 Å². The number of para-hydroxylation sites is 1. The van der Waals surface area contributed by atoms with E-state index in [-0.39, 0.29) is 0 Å². The number of rotatable bonds is 4. The van der Waals surface area contributed by atoms with E-state index >= 15 is 0 Å². The maximum Gasteiger partial charge on any atom is 0.164 e. The molecule has 0 spiro atoms. The van der Waals surface area contributed by atoms with Gasteiger partial charge >= 0.3 is 0 Å². The van der Waals surface area contributed by atoms with Gasteiger partial charge in [-0.05, 0) is 47.5 Å². The molecule has 0 unspecified atom stereocenters. The van der Waals surface area contributed by atoms with Gasteiger partial charge in [0.1, 0.15) is 11.1 Å². The summed E-state index contributed by atoms with van der Waals surface area (Å²) in [7, 11) is 0. The summed E-state index contributed by atoms with van der Waals surface area (Å²) >= 11 is 0. The lowest BCUT2D eigenvalue weighted by molar-refractivity contribution is 0.669. The van der Waals surface area contributed by atoms with Crippen LogP contribution in [0.3, 0.4) is 0 Å². The lowest BCUT2D eigenvalue weighted by Crippen LogP contribution is -2.00. The largest absolute Gasteiger partial charge is 0.454 e. The molecular weight excluding hydrogens is 504 g/mol. The van der Waals surface area contributed by atoms with Gasteiger partial charge in [0.15, 0.2) is 23.1 Å². The van der Waals surface area contributed by atoms with Gasteiger partial charge in [0, 0.05) is 27.5 Å². The van der Waals surface area contributed by atoms with E-state index in [9.17, 15) is 0 Å². The molecule has 0 atom stereocenters. The zero-order valence-electron chi connectivity index (χ0n) is 21.9. The Balaban J connectivity index is 1.24. The monoisotopic (exact) mass is 526 g/mol. The predicted octanol–water partition coefficient (Wildman–Crippen LogP) is 8.99. The standard InChI is InChI=1S/C36H22N4O/c1-3-10-23(11-4-1)34-38-35(24-12-5-2-6-13-24)40-36(39-34)27-15-9-14-25(20-27)26-18-19-30-28(21-26)22-32-33(37-30)29-16-7-8-17-31(29)41-32/h1-22H. The van der Waals surface area contributed by atoms with Crippen LogP contribution in [0.25, 0.3) is 78.3 Å². The summed E-state index contributed by atoms with van der Waals surface area (Å²) in [6.07, 6.45) is 0. The third kappa shape index (κ3) is 4.21. The first-order valence-electron chi connectivity index (χ1n) is 13.5. The van der Waals surface area contributed by atoms with E-state index in [1.807, 2.05) is 97.1 Å². The van der Waals surface area contributed by atoms with Crippen molar-refractivity contribution in [2.45, 2.75) is 0 Å². The van der Waals surface area contributed by atoms with E-state index in [0.717, 1.165) is 60.8 Å². The van der Waals surface area contributed by atoms with Crippen molar-refractivity contribution >= 4 is 33.0 Å². The zero-order valence-corrected chi connectivity index (χ0v) is 21.9. The van der Waals surface area contributed by atoms with E-state index in [4.69, 9.17) is 24.4 Å². The van der Waals surface area contributed by atoms with Crippen LogP contribution in [0.5, 0.6) is 0 Å². The quantitative estimate of drug-likeness (QED) is 0.229. The highest BCUT2D eigenvalue weighted by molar-refractivity contribution is 6.06. The Labute approximate surface area is 235 Å². The molecule has 0 aliphatic heterocycles. The molecule has 0 aliphatic rings. The minimum absolute atomic E-state index is 0.631. The third-order valence-corrected chi connectivity index (χ3v) is 7.30. The molecule has 8 aromatic rings. The van der Waals surface area contributed by atoms with Gasteiger partial charge < -0.3 is 4.42 Å². The first-order valence-corrected chi connectivity index (χ1v) is 13.5. The summed E-state index contributed by atoms with van der Waals surface area (Å²) < 4.78 is 6.09. The molecule has 3 aromatic heterocycles. The maximum absolute atomic E-state index is 6.09. The van der Waals surface area contributed by atoms with Gasteiger partial charge in [-0.2, -0.15) is 0 Å². The Morgan fingerprint density at radius 3 is 1.71 bits per heavy atom. The third-order valence-electron chi connectivity index (χ3n) is 7.30. The van der Waals surface area contributed by atoms with Crippen molar-refractivity contribution in [2.24, 2.45) is 0 Å². The molecule has 41 heavy (non-hydrogen) atoms. The summed E-state index contributed by atoms with van der Waals surface area (Å²) in [4.78, 5) is 19.5. The molecule has 8 rings (SSSR count). The first kappa shape index (κ1) is 23.2. The topological polar surface area (TPSA) is 64.7 Å². The highest BCUT2D eigenvalue weighted by atomic mass is 16.3. The lowest BCUT2D eigenvalue weighted by atomic mass is 10.0. The van der Waals surface area contributed by atoms with Crippen LogP contribution in [0.1, 0.15) is 0 Å². The average Bonchev–Trinajstić information content (AvgIpc) is 3.41. The van der Waals surface area contributed by atoms with Crippen molar-refractivity contribution in [3.8, 4) is 45.3 Å². The number of hydrogen-bond acceptors (Lipinski definition) is 5. The smallest absolute Gasteiger partial charge is 0.164 e. The van der Waals surface area contributed by atoms with E-state index < -0.39 is 0 Å². The molecule has 0 amide bonds. The van der Waals surface area contributed by atoms with Crippen molar-refractivity contribution in [3.05, 3.63) is 133 Å². The molecule has 3 heterocycles. The van der Waals surface area contributed by atoms with Gasteiger partial charge in [0.05, 0.1) is 5.52 Å². The molecule has 0 fully saturated rings. The van der Waals surface area contributed by atoms with Crippen LogP contribution in [0.15, 0.2) is 138 Å². The normalized spacial score (nSPS) is 11.4. The van der Waals surface area contributed by atoms with Crippen LogP contribution in [0, 0.1) is 0 Å². The van der Waals surface area contributed by atoms with Crippen LogP contribution in [0.4, 0.5) is 0 Å². The highest BCUT2D eigenvalue weighted by Gasteiger charge is 2.14. The number of benzene rings is 5. The van der Waals surface area contributed by atoms with Crippen molar-refractivity contribution < 1.29 is 4.42 Å². The van der Waals surface area contributed by atoms with E-state index in [2.05, 4.69) is 36.4 Å². The Morgan fingerprint density at radius 1 is 0.390 bits per heavy atom. The van der Waals surface area contributed by atoms with Gasteiger partial charge in [0.2, 0.25) is 0 Å². The fourth-order valence-corrected chi connectivity index (χ4v) is 5.25. The van der Waals surface area contributed by atoms with Crippen molar-refractivity contribution in [1.29, 1.82) is 0 Å². The Morgan fingerprint density at radius 2 is 0.976 bits per heavy atom. The first-order chi connectivity index (χ1) is 20.3. The molecular formula is C36H22N4O. The number of hydrogen-bond donors (Lipinski definition) is 0. The fraction of sp³-hybridized carbons (Fsp3) is 0. The van der Waals surface area contributed by atoms with E-state index in [0.29, 0.717) is 17.5 Å². The minimum atomic E-state index is 0.631. The second-order valence-corrected chi connectivity index (χ2v) is 9.96. The number of aromatic nitrogens is 4. The molecule has 0 saturated carbocycles. The summed E-state index contributed by atoms with van der Waals surface area (Å²) in [5.41, 5.74) is 8.42. The van der Waals surface area contributed by atoms with Gasteiger partial charge in [-0.1, -0.05) is 97.1 Å².